The Hall–Kier alpha value is -3.91. The van der Waals surface area contributed by atoms with E-state index in [4.69, 9.17) is 4.74 Å². The van der Waals surface area contributed by atoms with Crippen LogP contribution in [0.1, 0.15) is 50.4 Å². The lowest BCUT2D eigenvalue weighted by atomic mass is 9.59. The van der Waals surface area contributed by atoms with Crippen molar-refractivity contribution >= 4 is 33.5 Å². The average Bonchev–Trinajstić information content (AvgIpc) is 2.96. The van der Waals surface area contributed by atoms with Crippen molar-refractivity contribution in [1.82, 2.24) is 4.98 Å². The van der Waals surface area contributed by atoms with Crippen LogP contribution in [-0.4, -0.2) is 22.0 Å². The number of hydrogen-bond acceptors (Lipinski definition) is 5. The lowest BCUT2D eigenvalue weighted by molar-refractivity contribution is 0.0803. The molecule has 0 unspecified atom stereocenters. The number of amides is 1. The van der Waals surface area contributed by atoms with Crippen molar-refractivity contribution in [2.75, 3.05) is 5.32 Å². The van der Waals surface area contributed by atoms with Gasteiger partial charge in [-0.3, -0.25) is 14.9 Å². The Labute approximate surface area is 253 Å². The number of hydrogen-bond donors (Lipinski definition) is 3. The van der Waals surface area contributed by atoms with Crippen molar-refractivity contribution in [2.24, 2.45) is 29.6 Å². The Morgan fingerprint density at radius 2 is 1.81 bits per heavy atom. The molecule has 3 N–H and O–H groups in total. The maximum Gasteiger partial charge on any atom is 0.417 e. The van der Waals surface area contributed by atoms with E-state index in [-0.39, 0.29) is 23.0 Å². The fraction of sp³-hybridized carbons (Fsp3) is 0.324. The maximum absolute atomic E-state index is 14.0. The third kappa shape index (κ3) is 6.14. The molecule has 8 heteroatoms. The number of aromatic amines is 1. The largest absolute Gasteiger partial charge is 0.506 e. The van der Waals surface area contributed by atoms with E-state index in [1.54, 1.807) is 48.5 Å². The Morgan fingerprint density at radius 1 is 1.10 bits per heavy atom. The number of pyridine rings is 1. The molecular weight excluding hydrogens is 596 g/mol. The number of carbonyl (C=O) groups is 2. The van der Waals surface area contributed by atoms with E-state index in [1.807, 2.05) is 19.1 Å². The number of fused-ring (bicyclic) bond motifs is 1. The molecule has 5 atom stereocenters. The predicted octanol–water partition coefficient (Wildman–Crippen LogP) is 8.12. The third-order valence-electron chi connectivity index (χ3n) is 8.60. The number of nitrogens with one attached hydrogen (secondary N) is 2. The lowest BCUT2D eigenvalue weighted by Crippen LogP contribution is -2.40. The van der Waals surface area contributed by atoms with Crippen LogP contribution in [0, 0.1) is 29.6 Å². The number of H-pyrrole nitrogens is 1. The van der Waals surface area contributed by atoms with Gasteiger partial charge in [0.25, 0.3) is 5.56 Å². The minimum Gasteiger partial charge on any atom is -0.506 e. The Balaban J connectivity index is 1.39. The minimum absolute atomic E-state index is 0.0404. The van der Waals surface area contributed by atoms with Crippen LogP contribution < -0.4 is 15.6 Å². The number of anilines is 1. The molecule has 2 aliphatic rings. The number of halogens is 1. The van der Waals surface area contributed by atoms with Gasteiger partial charge in [-0.05, 0) is 92.3 Å². The molecule has 1 heterocycles. The number of aromatic hydroxyl groups is 1. The van der Waals surface area contributed by atoms with E-state index in [1.165, 1.54) is 18.2 Å². The zero-order chi connectivity index (χ0) is 30.0. The highest BCUT2D eigenvalue weighted by Crippen LogP contribution is 2.49. The van der Waals surface area contributed by atoms with Crippen molar-refractivity contribution in [1.29, 1.82) is 0 Å². The molecule has 2 aliphatic carbocycles. The van der Waals surface area contributed by atoms with E-state index >= 15 is 0 Å². The molecule has 1 amide bonds. The molecule has 5 rings (SSSR count). The topological polar surface area (TPSA) is 108 Å². The second-order valence-corrected chi connectivity index (χ2v) is 12.3. The monoisotopic (exact) mass is 630 g/mol. The highest BCUT2D eigenvalue weighted by atomic mass is 79.9. The first-order valence-corrected chi connectivity index (χ1v) is 15.1. The molecule has 218 valence electrons. The SMILES string of the molecule is C/C=C/[C@@H]1[C@H]2C[C@@H](C)CC[C@@H]2C(C)=C[C@H]1C(=O)c1c(O)c(-c2ccc(OC(=O)Nc3ccc(Br)cc3)cc2)c[nH]c1=O. The van der Waals surface area contributed by atoms with Gasteiger partial charge in [-0.2, -0.15) is 0 Å². The predicted molar refractivity (Wildman–Crippen MR) is 168 cm³/mol. The zero-order valence-electron chi connectivity index (χ0n) is 23.9. The number of carbonyl (C=O) groups excluding carboxylic acids is 2. The van der Waals surface area contributed by atoms with Gasteiger partial charge in [0.05, 0.1) is 0 Å². The van der Waals surface area contributed by atoms with Crippen LogP contribution in [0.3, 0.4) is 0 Å². The number of allylic oxidation sites excluding steroid dienone is 4. The molecule has 7 nitrogen and oxygen atoms in total. The zero-order valence-corrected chi connectivity index (χ0v) is 25.5. The van der Waals surface area contributed by atoms with Gasteiger partial charge in [0, 0.05) is 27.8 Å². The Kier molecular flexibility index (Phi) is 8.82. The Bertz CT molecular complexity index is 1590. The molecule has 1 saturated carbocycles. The average molecular weight is 632 g/mol. The number of rotatable bonds is 6. The molecule has 1 fully saturated rings. The first-order chi connectivity index (χ1) is 20.2. The van der Waals surface area contributed by atoms with Crippen LogP contribution in [-0.2, 0) is 0 Å². The molecule has 1 aromatic heterocycles. The van der Waals surface area contributed by atoms with E-state index in [2.05, 4.69) is 46.2 Å². The van der Waals surface area contributed by atoms with Crippen LogP contribution in [0.4, 0.5) is 10.5 Å². The molecule has 2 aromatic carbocycles. The second kappa shape index (κ2) is 12.5. The summed E-state index contributed by atoms with van der Waals surface area (Å²) in [6.45, 7) is 6.30. The summed E-state index contributed by atoms with van der Waals surface area (Å²) in [6, 6.07) is 13.6. The van der Waals surface area contributed by atoms with Crippen LogP contribution in [0.5, 0.6) is 11.5 Å². The fourth-order valence-corrected chi connectivity index (χ4v) is 6.82. The minimum atomic E-state index is -0.647. The highest BCUT2D eigenvalue weighted by Gasteiger charge is 2.43. The summed E-state index contributed by atoms with van der Waals surface area (Å²) in [4.78, 5) is 42.0. The van der Waals surface area contributed by atoms with E-state index in [0.717, 1.165) is 17.3 Å². The van der Waals surface area contributed by atoms with Crippen LogP contribution in [0.2, 0.25) is 0 Å². The first-order valence-electron chi connectivity index (χ1n) is 14.3. The van der Waals surface area contributed by atoms with Gasteiger partial charge in [0.15, 0.2) is 5.78 Å². The molecule has 0 aliphatic heterocycles. The number of ether oxygens (including phenoxy) is 1. The van der Waals surface area contributed by atoms with E-state index in [0.29, 0.717) is 40.3 Å². The van der Waals surface area contributed by atoms with Gasteiger partial charge in [-0.25, -0.2) is 4.79 Å². The summed E-state index contributed by atoms with van der Waals surface area (Å²) in [6.07, 6.45) is 10.2. The van der Waals surface area contributed by atoms with Crippen LogP contribution >= 0.6 is 15.9 Å². The molecule has 0 saturated heterocycles. The highest BCUT2D eigenvalue weighted by molar-refractivity contribution is 9.10. The number of benzene rings is 2. The van der Waals surface area contributed by atoms with Gasteiger partial charge < -0.3 is 14.8 Å². The van der Waals surface area contributed by atoms with Crippen LogP contribution in [0.25, 0.3) is 11.1 Å². The van der Waals surface area contributed by atoms with Gasteiger partial charge in [0.1, 0.15) is 17.1 Å². The summed E-state index contributed by atoms with van der Waals surface area (Å²) in [7, 11) is 0. The molecule has 0 spiro atoms. The van der Waals surface area contributed by atoms with Crippen molar-refractivity contribution in [3.8, 4) is 22.6 Å². The number of ketones is 1. The first kappa shape index (κ1) is 29.6. The fourth-order valence-electron chi connectivity index (χ4n) is 6.56. The summed E-state index contributed by atoms with van der Waals surface area (Å²) in [5, 5.41) is 14.0. The normalized spacial score (nSPS) is 23.6. The van der Waals surface area contributed by atoms with Crippen molar-refractivity contribution < 1.29 is 19.4 Å². The van der Waals surface area contributed by atoms with Gasteiger partial charge in [0.2, 0.25) is 0 Å². The Morgan fingerprint density at radius 3 is 2.50 bits per heavy atom. The van der Waals surface area contributed by atoms with E-state index in [9.17, 15) is 19.5 Å². The molecule has 3 aromatic rings. The molecule has 0 bridgehead atoms. The van der Waals surface area contributed by atoms with Gasteiger partial charge in [-0.1, -0.05) is 65.2 Å². The maximum atomic E-state index is 14.0. The smallest absolute Gasteiger partial charge is 0.417 e. The lowest BCUT2D eigenvalue weighted by Gasteiger charge is -2.45. The van der Waals surface area contributed by atoms with E-state index < -0.39 is 17.6 Å². The van der Waals surface area contributed by atoms with Crippen LogP contribution in [0.15, 0.2) is 87.8 Å². The van der Waals surface area contributed by atoms with Gasteiger partial charge >= 0.3 is 6.09 Å². The second-order valence-electron chi connectivity index (χ2n) is 11.4. The summed E-state index contributed by atoms with van der Waals surface area (Å²) < 4.78 is 6.27. The molecule has 42 heavy (non-hydrogen) atoms. The summed E-state index contributed by atoms with van der Waals surface area (Å²) >= 11 is 3.35. The molecular formula is C34H35BrN2O5. The quantitative estimate of drug-likeness (QED) is 0.188. The standard InChI is InChI=1S/C34H35BrN2O5/c1-4-5-26-27-16-19(2)6-15-25(27)20(3)17-28(26)31(38)30-32(39)29(18-36-33(30)40)21-7-13-24(14-8-21)42-34(41)37-23-11-9-22(35)10-12-23/h4-5,7-14,17-19,25-28H,6,15-16H2,1-3H3,(H,37,41)(H2,36,39,40)/b5-4+/t19-,25+,26+,27-,28+/m0/s1. The third-order valence-corrected chi connectivity index (χ3v) is 9.12. The van der Waals surface area contributed by atoms with Gasteiger partial charge in [-0.15, -0.1) is 0 Å². The van der Waals surface area contributed by atoms with Crippen molar-refractivity contribution in [2.45, 2.75) is 40.0 Å². The number of aromatic nitrogens is 1. The van der Waals surface area contributed by atoms with Crippen molar-refractivity contribution in [3.63, 3.8) is 0 Å². The van der Waals surface area contributed by atoms with Crippen molar-refractivity contribution in [3.05, 3.63) is 98.9 Å². The number of Topliss-reactive ketones (excluding diaryl/α,β-unsaturated/α-hetero) is 1. The molecule has 0 radical (unpaired) electrons. The summed E-state index contributed by atoms with van der Waals surface area (Å²) in [5.41, 5.74) is 1.80. The summed E-state index contributed by atoms with van der Waals surface area (Å²) in [5.74, 6) is 0.330.